The van der Waals surface area contributed by atoms with Crippen LogP contribution in [-0.4, -0.2) is 11.8 Å². The minimum absolute atomic E-state index is 0.107. The van der Waals surface area contributed by atoms with Gasteiger partial charge in [0.15, 0.2) is 0 Å². The molecule has 1 aliphatic carbocycles. The molecular formula is C16H16N2O2. The predicted octanol–water partition coefficient (Wildman–Crippen LogP) is 2.77. The summed E-state index contributed by atoms with van der Waals surface area (Å²) >= 11 is 0. The van der Waals surface area contributed by atoms with E-state index in [-0.39, 0.29) is 11.8 Å². The Morgan fingerprint density at radius 3 is 2.50 bits per heavy atom. The number of nitrogens with zero attached hydrogens (tertiary/aromatic N) is 2. The van der Waals surface area contributed by atoms with Crippen molar-refractivity contribution in [2.75, 3.05) is 4.90 Å². The number of anilines is 1. The Balaban J connectivity index is 2.01. The van der Waals surface area contributed by atoms with Gasteiger partial charge in [0.1, 0.15) is 6.07 Å². The van der Waals surface area contributed by atoms with Crippen LogP contribution < -0.4 is 4.90 Å². The van der Waals surface area contributed by atoms with Crippen molar-refractivity contribution in [1.29, 1.82) is 5.26 Å². The lowest BCUT2D eigenvalue weighted by molar-refractivity contribution is -0.127. The molecule has 1 aliphatic heterocycles. The Kier molecular flexibility index (Phi) is 3.06. The van der Waals surface area contributed by atoms with Crippen LogP contribution in [0.2, 0.25) is 0 Å². The number of imide groups is 1. The van der Waals surface area contributed by atoms with E-state index >= 15 is 0 Å². The number of para-hydroxylation sites is 1. The zero-order valence-corrected chi connectivity index (χ0v) is 11.3. The summed E-state index contributed by atoms with van der Waals surface area (Å²) in [6, 6.07) is 8.87. The number of amides is 2. The molecule has 2 fully saturated rings. The van der Waals surface area contributed by atoms with E-state index in [1.165, 1.54) is 4.90 Å². The van der Waals surface area contributed by atoms with Crippen molar-refractivity contribution in [2.24, 2.45) is 5.41 Å². The number of hydrogen-bond donors (Lipinski definition) is 0. The number of nitriles is 1. The molecule has 1 saturated heterocycles. The molecule has 0 radical (unpaired) electrons. The molecule has 102 valence electrons. The minimum Gasteiger partial charge on any atom is -0.274 e. The van der Waals surface area contributed by atoms with Crippen LogP contribution in [0.15, 0.2) is 24.3 Å². The average Bonchev–Trinajstić information content (AvgIpc) is 2.71. The summed E-state index contributed by atoms with van der Waals surface area (Å²) in [5, 5.41) is 9.15. The van der Waals surface area contributed by atoms with Gasteiger partial charge in [0.2, 0.25) is 11.8 Å². The first-order valence-electron chi connectivity index (χ1n) is 7.04. The highest BCUT2D eigenvalue weighted by Gasteiger charge is 2.52. The molecule has 3 rings (SSSR count). The van der Waals surface area contributed by atoms with Gasteiger partial charge in [0.05, 0.1) is 16.7 Å². The molecule has 1 heterocycles. The largest absolute Gasteiger partial charge is 0.274 e. The molecule has 0 bridgehead atoms. The molecule has 1 spiro atoms. The molecule has 20 heavy (non-hydrogen) atoms. The van der Waals surface area contributed by atoms with Crippen LogP contribution >= 0.6 is 0 Å². The minimum atomic E-state index is -0.502. The summed E-state index contributed by atoms with van der Waals surface area (Å²) in [5.41, 5.74) is 0.312. The fourth-order valence-corrected chi connectivity index (χ4v) is 3.42. The molecule has 1 aromatic carbocycles. The van der Waals surface area contributed by atoms with E-state index in [1.54, 1.807) is 24.3 Å². The van der Waals surface area contributed by atoms with Gasteiger partial charge >= 0.3 is 0 Å². The lowest BCUT2D eigenvalue weighted by Gasteiger charge is -2.30. The highest BCUT2D eigenvalue weighted by molar-refractivity contribution is 6.23. The van der Waals surface area contributed by atoms with Crippen molar-refractivity contribution in [3.05, 3.63) is 29.8 Å². The Hall–Kier alpha value is -2.15. The SMILES string of the molecule is N#Cc1ccccc1N1C(=O)CC2(CCCCC2)C1=O. The Morgan fingerprint density at radius 1 is 1.10 bits per heavy atom. The zero-order chi connectivity index (χ0) is 14.2. The predicted molar refractivity (Wildman–Crippen MR) is 73.8 cm³/mol. The van der Waals surface area contributed by atoms with Crippen molar-refractivity contribution in [1.82, 2.24) is 0 Å². The molecule has 2 aliphatic rings. The summed E-state index contributed by atoms with van der Waals surface area (Å²) in [5.74, 6) is -0.274. The lowest BCUT2D eigenvalue weighted by atomic mass is 9.73. The maximum Gasteiger partial charge on any atom is 0.240 e. The topological polar surface area (TPSA) is 61.2 Å². The van der Waals surface area contributed by atoms with Crippen LogP contribution in [0.1, 0.15) is 44.1 Å². The maximum atomic E-state index is 12.8. The molecule has 0 N–H and O–H groups in total. The summed E-state index contributed by atoms with van der Waals surface area (Å²) in [6.45, 7) is 0. The van der Waals surface area contributed by atoms with E-state index in [9.17, 15) is 9.59 Å². The van der Waals surface area contributed by atoms with E-state index in [2.05, 4.69) is 6.07 Å². The van der Waals surface area contributed by atoms with Crippen LogP contribution in [0.3, 0.4) is 0 Å². The molecule has 0 unspecified atom stereocenters. The third-order valence-electron chi connectivity index (χ3n) is 4.47. The standard InChI is InChI=1S/C16H16N2O2/c17-11-12-6-2-3-7-13(12)18-14(19)10-16(15(18)20)8-4-1-5-9-16/h2-3,6-7H,1,4-5,8-10H2. The summed E-state index contributed by atoms with van der Waals surface area (Å²) in [6.07, 6.45) is 5.04. The first-order chi connectivity index (χ1) is 9.68. The van der Waals surface area contributed by atoms with Gasteiger partial charge in [-0.15, -0.1) is 0 Å². The Morgan fingerprint density at radius 2 is 1.80 bits per heavy atom. The van der Waals surface area contributed by atoms with Gasteiger partial charge in [0, 0.05) is 6.42 Å². The Bertz CT molecular complexity index is 609. The van der Waals surface area contributed by atoms with E-state index in [1.807, 2.05) is 0 Å². The second-order valence-electron chi connectivity index (χ2n) is 5.68. The summed E-state index contributed by atoms with van der Waals surface area (Å²) < 4.78 is 0. The third kappa shape index (κ3) is 1.82. The molecule has 1 aromatic rings. The van der Waals surface area contributed by atoms with Crippen LogP contribution in [-0.2, 0) is 9.59 Å². The van der Waals surface area contributed by atoms with Crippen LogP contribution in [0.4, 0.5) is 5.69 Å². The monoisotopic (exact) mass is 268 g/mol. The van der Waals surface area contributed by atoms with E-state index in [4.69, 9.17) is 5.26 Å². The quantitative estimate of drug-likeness (QED) is 0.736. The Labute approximate surface area is 118 Å². The average molecular weight is 268 g/mol. The van der Waals surface area contributed by atoms with E-state index < -0.39 is 5.41 Å². The number of carbonyl (C=O) groups excluding carboxylic acids is 2. The van der Waals surface area contributed by atoms with Gasteiger partial charge in [-0.25, -0.2) is 4.90 Å². The van der Waals surface area contributed by atoms with Gasteiger partial charge in [-0.05, 0) is 25.0 Å². The molecule has 1 saturated carbocycles. The van der Waals surface area contributed by atoms with E-state index in [0.29, 0.717) is 17.7 Å². The fourth-order valence-electron chi connectivity index (χ4n) is 3.42. The highest BCUT2D eigenvalue weighted by Crippen LogP contribution is 2.46. The number of carbonyl (C=O) groups is 2. The third-order valence-corrected chi connectivity index (χ3v) is 4.47. The highest BCUT2D eigenvalue weighted by atomic mass is 16.2. The molecule has 0 atom stereocenters. The lowest BCUT2D eigenvalue weighted by Crippen LogP contribution is -2.37. The molecule has 2 amide bonds. The van der Waals surface area contributed by atoms with Crippen molar-refractivity contribution in [3.8, 4) is 6.07 Å². The van der Waals surface area contributed by atoms with Gasteiger partial charge in [0.25, 0.3) is 0 Å². The second-order valence-corrected chi connectivity index (χ2v) is 5.68. The van der Waals surface area contributed by atoms with Crippen molar-refractivity contribution >= 4 is 17.5 Å². The van der Waals surface area contributed by atoms with Crippen LogP contribution in [0.5, 0.6) is 0 Å². The molecule has 4 nitrogen and oxygen atoms in total. The van der Waals surface area contributed by atoms with Crippen molar-refractivity contribution in [2.45, 2.75) is 38.5 Å². The van der Waals surface area contributed by atoms with Crippen LogP contribution in [0, 0.1) is 16.7 Å². The maximum absolute atomic E-state index is 12.8. The second kappa shape index (κ2) is 4.75. The molecular weight excluding hydrogens is 252 g/mol. The van der Waals surface area contributed by atoms with Crippen LogP contribution in [0.25, 0.3) is 0 Å². The van der Waals surface area contributed by atoms with Gasteiger partial charge in [-0.1, -0.05) is 31.4 Å². The van der Waals surface area contributed by atoms with Gasteiger partial charge < -0.3 is 0 Å². The van der Waals surface area contributed by atoms with Crippen molar-refractivity contribution in [3.63, 3.8) is 0 Å². The van der Waals surface area contributed by atoms with Gasteiger partial charge in [-0.2, -0.15) is 5.26 Å². The number of rotatable bonds is 1. The fraction of sp³-hybridized carbons (Fsp3) is 0.438. The normalized spacial score (nSPS) is 21.2. The summed E-state index contributed by atoms with van der Waals surface area (Å²) in [7, 11) is 0. The zero-order valence-electron chi connectivity index (χ0n) is 11.3. The van der Waals surface area contributed by atoms with Crippen molar-refractivity contribution < 1.29 is 9.59 Å². The summed E-state index contributed by atoms with van der Waals surface area (Å²) in [4.78, 5) is 26.3. The first kappa shape index (κ1) is 12.9. The smallest absolute Gasteiger partial charge is 0.240 e. The molecule has 4 heteroatoms. The van der Waals surface area contributed by atoms with E-state index in [0.717, 1.165) is 32.1 Å². The number of hydrogen-bond acceptors (Lipinski definition) is 3. The molecule has 0 aromatic heterocycles. The number of benzene rings is 1. The van der Waals surface area contributed by atoms with Gasteiger partial charge in [-0.3, -0.25) is 9.59 Å². The first-order valence-corrected chi connectivity index (χ1v) is 7.04.